The Kier molecular flexibility index (Phi) is 5.72. The molecule has 0 fully saturated rings. The maximum Gasteiger partial charge on any atom is 0.310 e. The Labute approximate surface area is 200 Å². The highest BCUT2D eigenvalue weighted by molar-refractivity contribution is 7.92. The van der Waals surface area contributed by atoms with E-state index < -0.39 is 22.0 Å². The van der Waals surface area contributed by atoms with Crippen LogP contribution in [-0.2, 0) is 10.0 Å². The van der Waals surface area contributed by atoms with Crippen LogP contribution in [-0.4, -0.2) is 25.0 Å². The summed E-state index contributed by atoms with van der Waals surface area (Å²) in [4.78, 5) is 13.1. The third kappa shape index (κ3) is 4.35. The number of hydrogen-bond acceptors (Lipinski definition) is 6. The van der Waals surface area contributed by atoms with Crippen LogP contribution >= 0.6 is 11.6 Å². The predicted octanol–water partition coefficient (Wildman–Crippen LogP) is 5.32. The summed E-state index contributed by atoms with van der Waals surface area (Å²) in [5, 5.41) is 6.20. The Morgan fingerprint density at radius 2 is 1.79 bits per heavy atom. The molecule has 0 aliphatic carbocycles. The number of halogens is 1. The molecule has 4 aromatic rings. The van der Waals surface area contributed by atoms with Gasteiger partial charge in [0.05, 0.1) is 23.1 Å². The monoisotopic (exact) mass is 495 g/mol. The van der Waals surface area contributed by atoms with Gasteiger partial charge in [0.1, 0.15) is 11.8 Å². The molecule has 0 saturated carbocycles. The largest absolute Gasteiger partial charge is 0.467 e. The fourth-order valence-electron chi connectivity index (χ4n) is 3.70. The van der Waals surface area contributed by atoms with Crippen LogP contribution in [0, 0.1) is 0 Å². The van der Waals surface area contributed by atoms with Crippen LogP contribution in [0.1, 0.15) is 34.3 Å². The number of nitrogens with one attached hydrogen (secondary N) is 1. The Morgan fingerprint density at radius 1 is 1.00 bits per heavy atom. The number of nitrogens with zero attached hydrogens (tertiary/aromatic N) is 2. The quantitative estimate of drug-likeness (QED) is 0.390. The fraction of sp³-hybridized carbons (Fsp3) is 0.0833. The molecule has 0 unspecified atom stereocenters. The van der Waals surface area contributed by atoms with Gasteiger partial charge in [0, 0.05) is 17.1 Å². The van der Waals surface area contributed by atoms with E-state index in [1.165, 1.54) is 29.7 Å². The molecule has 2 aromatic carbocycles. The lowest BCUT2D eigenvalue weighted by Crippen LogP contribution is -2.26. The highest BCUT2D eigenvalue weighted by Gasteiger charge is 2.36. The van der Waals surface area contributed by atoms with Crippen molar-refractivity contribution >= 4 is 38.9 Å². The van der Waals surface area contributed by atoms with Crippen molar-refractivity contribution in [2.75, 3.05) is 4.72 Å². The summed E-state index contributed by atoms with van der Waals surface area (Å²) in [6.45, 7) is 0. The molecule has 0 radical (unpaired) electrons. The van der Waals surface area contributed by atoms with Crippen LogP contribution in [0.3, 0.4) is 0 Å². The standard InChI is InChI=1S/C24H18ClN3O5S/c25-17-6-2-8-19(14-17)34(30,31)27-18-7-1-5-16(13-18)20-15-21(22-9-3-11-32-22)28(26-20)24(29)23-10-4-12-33-23/h1-14,21,27H,15H2/t21-/m0/s1. The molecule has 34 heavy (non-hydrogen) atoms. The van der Waals surface area contributed by atoms with Gasteiger partial charge in [0.15, 0.2) is 5.76 Å². The van der Waals surface area contributed by atoms with Gasteiger partial charge < -0.3 is 8.83 Å². The number of amides is 1. The van der Waals surface area contributed by atoms with Crippen molar-refractivity contribution in [2.24, 2.45) is 5.10 Å². The molecule has 172 valence electrons. The summed E-state index contributed by atoms with van der Waals surface area (Å²) in [5.74, 6) is 0.334. The average Bonchev–Trinajstić information content (AvgIpc) is 3.60. The van der Waals surface area contributed by atoms with Crippen LogP contribution in [0.25, 0.3) is 0 Å². The number of rotatable bonds is 6. The number of carbonyl (C=O) groups is 1. The van der Waals surface area contributed by atoms with E-state index in [-0.39, 0.29) is 10.7 Å². The summed E-state index contributed by atoms with van der Waals surface area (Å²) in [6.07, 6.45) is 3.34. The fourth-order valence-corrected chi connectivity index (χ4v) is 5.05. The van der Waals surface area contributed by atoms with Gasteiger partial charge in [-0.25, -0.2) is 13.4 Å². The lowest BCUT2D eigenvalue weighted by Gasteiger charge is -2.18. The minimum atomic E-state index is -3.84. The molecule has 8 nitrogen and oxygen atoms in total. The molecule has 0 spiro atoms. The van der Waals surface area contributed by atoms with E-state index in [0.717, 1.165) is 0 Å². The number of benzene rings is 2. The molecule has 2 aromatic heterocycles. The van der Waals surface area contributed by atoms with Gasteiger partial charge in [0.25, 0.3) is 10.0 Å². The molecule has 1 amide bonds. The minimum Gasteiger partial charge on any atom is -0.467 e. The Hall–Kier alpha value is -3.82. The second kappa shape index (κ2) is 8.85. The highest BCUT2D eigenvalue weighted by atomic mass is 35.5. The van der Waals surface area contributed by atoms with E-state index >= 15 is 0 Å². The lowest BCUT2D eigenvalue weighted by molar-refractivity contribution is 0.0660. The van der Waals surface area contributed by atoms with Crippen LogP contribution in [0.2, 0.25) is 5.02 Å². The number of carbonyl (C=O) groups excluding carboxylic acids is 1. The van der Waals surface area contributed by atoms with E-state index in [9.17, 15) is 13.2 Å². The van der Waals surface area contributed by atoms with Crippen molar-refractivity contribution in [3.05, 3.63) is 107 Å². The zero-order chi connectivity index (χ0) is 23.7. The highest BCUT2D eigenvalue weighted by Crippen LogP contribution is 2.34. The first-order chi connectivity index (χ1) is 16.4. The summed E-state index contributed by atoms with van der Waals surface area (Å²) >= 11 is 5.94. The average molecular weight is 496 g/mol. The van der Waals surface area contributed by atoms with Crippen LogP contribution < -0.4 is 4.72 Å². The number of hydrogen-bond donors (Lipinski definition) is 1. The molecule has 1 atom stereocenters. The molecular formula is C24H18ClN3O5S. The minimum absolute atomic E-state index is 0.0525. The topological polar surface area (TPSA) is 105 Å². The van der Waals surface area contributed by atoms with Gasteiger partial charge in [-0.15, -0.1) is 0 Å². The van der Waals surface area contributed by atoms with E-state index in [0.29, 0.717) is 34.2 Å². The van der Waals surface area contributed by atoms with Crippen molar-refractivity contribution in [1.29, 1.82) is 0 Å². The first-order valence-electron chi connectivity index (χ1n) is 10.3. The summed E-state index contributed by atoms with van der Waals surface area (Å²) in [7, 11) is -3.84. The lowest BCUT2D eigenvalue weighted by atomic mass is 10.0. The molecule has 5 rings (SSSR count). The van der Waals surface area contributed by atoms with Gasteiger partial charge in [-0.05, 0) is 60.2 Å². The van der Waals surface area contributed by atoms with Crippen molar-refractivity contribution in [2.45, 2.75) is 17.4 Å². The van der Waals surface area contributed by atoms with Gasteiger partial charge in [-0.1, -0.05) is 29.8 Å². The molecule has 3 heterocycles. The van der Waals surface area contributed by atoms with Crippen molar-refractivity contribution in [1.82, 2.24) is 5.01 Å². The maximum atomic E-state index is 13.0. The van der Waals surface area contributed by atoms with Gasteiger partial charge >= 0.3 is 5.91 Å². The van der Waals surface area contributed by atoms with E-state index in [1.54, 1.807) is 60.7 Å². The van der Waals surface area contributed by atoms with Gasteiger partial charge in [0.2, 0.25) is 0 Å². The number of anilines is 1. The normalized spacial score (nSPS) is 15.9. The first kappa shape index (κ1) is 22.0. The molecular weight excluding hydrogens is 478 g/mol. The van der Waals surface area contributed by atoms with E-state index in [2.05, 4.69) is 9.82 Å². The first-order valence-corrected chi connectivity index (χ1v) is 12.1. The predicted molar refractivity (Wildman–Crippen MR) is 126 cm³/mol. The van der Waals surface area contributed by atoms with E-state index in [4.69, 9.17) is 20.4 Å². The third-order valence-electron chi connectivity index (χ3n) is 5.28. The van der Waals surface area contributed by atoms with Gasteiger partial charge in [-0.2, -0.15) is 5.10 Å². The Bertz CT molecular complexity index is 1460. The second-order valence-corrected chi connectivity index (χ2v) is 9.67. The van der Waals surface area contributed by atoms with Crippen LogP contribution in [0.4, 0.5) is 5.69 Å². The zero-order valence-electron chi connectivity index (χ0n) is 17.6. The van der Waals surface area contributed by atoms with Crippen molar-refractivity contribution < 1.29 is 22.0 Å². The summed E-state index contributed by atoms with van der Waals surface area (Å²) in [5.41, 5.74) is 1.62. The number of hydrazone groups is 1. The number of furan rings is 2. The molecule has 10 heteroatoms. The summed E-state index contributed by atoms with van der Waals surface area (Å²) in [6, 6.07) is 19.1. The molecule has 1 aliphatic heterocycles. The molecule has 0 saturated heterocycles. The maximum absolute atomic E-state index is 13.0. The molecule has 1 N–H and O–H groups in total. The molecule has 1 aliphatic rings. The summed E-state index contributed by atoms with van der Waals surface area (Å²) < 4.78 is 39.0. The van der Waals surface area contributed by atoms with Crippen LogP contribution in [0.15, 0.2) is 104 Å². The van der Waals surface area contributed by atoms with Crippen molar-refractivity contribution in [3.63, 3.8) is 0 Å². The van der Waals surface area contributed by atoms with Crippen molar-refractivity contribution in [3.8, 4) is 0 Å². The Morgan fingerprint density at radius 3 is 2.53 bits per heavy atom. The van der Waals surface area contributed by atoms with Gasteiger partial charge in [-0.3, -0.25) is 9.52 Å². The zero-order valence-corrected chi connectivity index (χ0v) is 19.2. The smallest absolute Gasteiger partial charge is 0.310 e. The second-order valence-electron chi connectivity index (χ2n) is 7.55. The van der Waals surface area contributed by atoms with Crippen LogP contribution in [0.5, 0.6) is 0 Å². The molecule has 0 bridgehead atoms. The number of sulfonamides is 1. The SMILES string of the molecule is O=C(c1ccco1)N1N=C(c2cccc(NS(=O)(=O)c3cccc(Cl)c3)c2)C[C@H]1c1ccco1. The van der Waals surface area contributed by atoms with E-state index in [1.807, 2.05) is 0 Å². The third-order valence-corrected chi connectivity index (χ3v) is 6.89. The Balaban J connectivity index is 1.45.